The Morgan fingerprint density at radius 2 is 0.837 bits per heavy atom. The van der Waals surface area contributed by atoms with Crippen molar-refractivity contribution in [3.8, 4) is 67.5 Å². The van der Waals surface area contributed by atoms with Crippen molar-refractivity contribution in [1.82, 2.24) is 15.0 Å². The summed E-state index contributed by atoms with van der Waals surface area (Å²) in [5, 5.41) is -0.0126. The largest absolute Gasteiger partial charge is 0.456 e. The quantitative estimate of drug-likeness (QED) is 0.183. The molecule has 0 aliphatic heterocycles. The van der Waals surface area contributed by atoms with Gasteiger partial charge in [0.15, 0.2) is 17.5 Å². The van der Waals surface area contributed by atoms with E-state index < -0.39 is 18.1 Å². The van der Waals surface area contributed by atoms with E-state index in [-0.39, 0.29) is 51.7 Å². The minimum absolute atomic E-state index is 0.00433. The highest BCUT2D eigenvalue weighted by Crippen LogP contribution is 2.34. The van der Waals surface area contributed by atoms with E-state index in [1.165, 1.54) is 0 Å². The average Bonchev–Trinajstić information content (AvgIpc) is 3.67. The van der Waals surface area contributed by atoms with Gasteiger partial charge in [-0.05, 0) is 63.6 Å². The lowest BCUT2D eigenvalue weighted by Crippen LogP contribution is -2.00. The zero-order chi connectivity index (χ0) is 38.7. The molecule has 7 aromatic carbocycles. The summed E-state index contributed by atoms with van der Waals surface area (Å²) in [5.41, 5.74) is 6.67. The molecule has 49 heavy (non-hydrogen) atoms. The number of hydrogen-bond donors (Lipinski definition) is 0. The summed E-state index contributed by atoms with van der Waals surface area (Å²) in [5.74, 6) is 1.28. The lowest BCUT2D eigenvalue weighted by Gasteiger charge is -2.11. The fraction of sp³-hybridized carbons (Fsp3) is 0. The SMILES string of the molecule is [2H]c1c([2H])c([2H])c2c(oc3c([2H])c(-c4cccc(-c5nc(-c6ccc(-c7ccccc7)cc6)nc(-c6cccc(-c7ccccc7)c6)n5)c4)c([2H])c([2H])c32)c1[2H]. The predicted molar refractivity (Wildman–Crippen MR) is 200 cm³/mol. The highest BCUT2D eigenvalue weighted by Gasteiger charge is 2.15. The van der Waals surface area contributed by atoms with Crippen LogP contribution < -0.4 is 0 Å². The number of fused-ring (bicyclic) bond motifs is 3. The monoisotopic (exact) mass is 634 g/mol. The Morgan fingerprint density at radius 1 is 0.367 bits per heavy atom. The molecule has 0 N–H and O–H groups in total. The van der Waals surface area contributed by atoms with Gasteiger partial charge < -0.3 is 4.42 Å². The van der Waals surface area contributed by atoms with Gasteiger partial charge in [-0.3, -0.25) is 0 Å². The lowest BCUT2D eigenvalue weighted by atomic mass is 10.0. The molecule has 0 atom stereocenters. The smallest absolute Gasteiger partial charge is 0.164 e. The van der Waals surface area contributed by atoms with E-state index in [2.05, 4.69) is 12.1 Å². The molecule has 0 fully saturated rings. The fourth-order valence-corrected chi connectivity index (χ4v) is 5.93. The zero-order valence-electron chi connectivity index (χ0n) is 33.0. The molecular formula is C45H29N3O. The topological polar surface area (TPSA) is 51.8 Å². The van der Waals surface area contributed by atoms with Gasteiger partial charge >= 0.3 is 0 Å². The van der Waals surface area contributed by atoms with Crippen molar-refractivity contribution in [2.45, 2.75) is 0 Å². The van der Waals surface area contributed by atoms with Crippen molar-refractivity contribution < 1.29 is 14.0 Å². The molecule has 230 valence electrons. The van der Waals surface area contributed by atoms with Gasteiger partial charge in [0, 0.05) is 27.5 Å². The maximum absolute atomic E-state index is 9.18. The molecule has 0 aliphatic carbocycles. The highest BCUT2D eigenvalue weighted by atomic mass is 16.3. The lowest BCUT2D eigenvalue weighted by molar-refractivity contribution is 0.669. The van der Waals surface area contributed by atoms with Gasteiger partial charge in [0.25, 0.3) is 0 Å². The van der Waals surface area contributed by atoms with Crippen molar-refractivity contribution in [2.75, 3.05) is 0 Å². The minimum Gasteiger partial charge on any atom is -0.456 e. The van der Waals surface area contributed by atoms with Gasteiger partial charge in [0.2, 0.25) is 0 Å². The maximum atomic E-state index is 9.18. The summed E-state index contributed by atoms with van der Waals surface area (Å²) in [6.07, 6.45) is 0. The summed E-state index contributed by atoms with van der Waals surface area (Å²) in [4.78, 5) is 14.9. The van der Waals surface area contributed by atoms with E-state index in [0.29, 0.717) is 28.6 Å². The number of benzene rings is 7. The third-order valence-corrected chi connectivity index (χ3v) is 8.41. The summed E-state index contributed by atoms with van der Waals surface area (Å²) in [6, 6.07) is 40.8. The van der Waals surface area contributed by atoms with Crippen LogP contribution in [0.4, 0.5) is 0 Å². The fourth-order valence-electron chi connectivity index (χ4n) is 5.93. The first-order valence-electron chi connectivity index (χ1n) is 19.3. The van der Waals surface area contributed by atoms with Crippen molar-refractivity contribution in [2.24, 2.45) is 0 Å². The molecule has 0 unspecified atom stereocenters. The van der Waals surface area contributed by atoms with Gasteiger partial charge in [-0.15, -0.1) is 0 Å². The van der Waals surface area contributed by atoms with E-state index in [9.17, 15) is 1.37 Å². The van der Waals surface area contributed by atoms with Crippen molar-refractivity contribution in [3.05, 3.63) is 176 Å². The maximum Gasteiger partial charge on any atom is 0.164 e. The van der Waals surface area contributed by atoms with Crippen LogP contribution in [0.5, 0.6) is 0 Å². The number of nitrogens with zero attached hydrogens (tertiary/aromatic N) is 3. The minimum atomic E-state index is -0.478. The van der Waals surface area contributed by atoms with Gasteiger partial charge in [0.1, 0.15) is 11.2 Å². The predicted octanol–water partition coefficient (Wildman–Crippen LogP) is 11.8. The Morgan fingerprint density at radius 3 is 1.49 bits per heavy atom. The first kappa shape index (κ1) is 22.0. The Balaban J connectivity index is 1.20. The Bertz CT molecular complexity index is 2990. The number of rotatable bonds is 6. The van der Waals surface area contributed by atoms with Crippen molar-refractivity contribution >= 4 is 21.9 Å². The molecule has 9 rings (SSSR count). The van der Waals surface area contributed by atoms with Gasteiger partial charge in [0.05, 0.1) is 9.60 Å². The number of aromatic nitrogens is 3. The van der Waals surface area contributed by atoms with Crippen LogP contribution >= 0.6 is 0 Å². The number of hydrogen-bond acceptors (Lipinski definition) is 4. The molecule has 0 aliphatic rings. The molecule has 4 heteroatoms. The van der Waals surface area contributed by atoms with Crippen molar-refractivity contribution in [3.63, 3.8) is 0 Å². The van der Waals surface area contributed by atoms with Crippen LogP contribution in [-0.4, -0.2) is 15.0 Å². The molecular weight excluding hydrogens is 599 g/mol. The second-order valence-corrected chi connectivity index (χ2v) is 11.5. The number of furan rings is 1. The first-order chi connectivity index (χ1) is 27.2. The number of para-hydroxylation sites is 1. The third kappa shape index (κ3) is 5.56. The molecule has 2 heterocycles. The van der Waals surface area contributed by atoms with Crippen LogP contribution in [0.1, 0.15) is 9.60 Å². The second kappa shape index (κ2) is 12.2. The van der Waals surface area contributed by atoms with Crippen LogP contribution in [0, 0.1) is 0 Å². The first-order valence-corrected chi connectivity index (χ1v) is 15.8. The van der Waals surface area contributed by atoms with Crippen LogP contribution in [0.3, 0.4) is 0 Å². The molecule has 2 aromatic heterocycles. The molecule has 0 saturated heterocycles. The van der Waals surface area contributed by atoms with Crippen molar-refractivity contribution in [1.29, 1.82) is 0 Å². The Kier molecular flexibility index (Phi) is 5.47. The Labute approximate surface area is 293 Å². The van der Waals surface area contributed by atoms with Gasteiger partial charge in [-0.1, -0.05) is 145 Å². The van der Waals surface area contributed by atoms with Crippen LogP contribution in [-0.2, 0) is 0 Å². The molecule has 9 aromatic rings. The summed E-state index contributed by atoms with van der Waals surface area (Å²) in [6.45, 7) is 0. The standard InChI is InChI=1S/C45H29N3O/c1-3-11-30(12-4-1)32-21-23-33(24-22-32)43-46-44(37-17-9-15-34(27-37)31-13-5-2-6-14-31)48-45(47-43)38-18-10-16-35(28-38)36-25-26-40-39-19-7-8-20-41(39)49-42(40)29-36/h1-29H/i7D,8D,19D,20D,25D,26D,29D. The van der Waals surface area contributed by atoms with E-state index in [1.807, 2.05) is 103 Å². The van der Waals surface area contributed by atoms with E-state index >= 15 is 0 Å². The average molecular weight is 635 g/mol. The third-order valence-electron chi connectivity index (χ3n) is 8.41. The molecule has 0 bridgehead atoms. The normalized spacial score (nSPS) is 13.3. The summed E-state index contributed by atoms with van der Waals surface area (Å²) < 4.78 is 66.3. The van der Waals surface area contributed by atoms with Crippen LogP contribution in [0.25, 0.3) is 89.5 Å². The van der Waals surface area contributed by atoms with Gasteiger partial charge in [-0.2, -0.15) is 0 Å². The van der Waals surface area contributed by atoms with Crippen LogP contribution in [0.2, 0.25) is 0 Å². The summed E-state index contributed by atoms with van der Waals surface area (Å²) in [7, 11) is 0. The van der Waals surface area contributed by atoms with Crippen LogP contribution in [0.15, 0.2) is 180 Å². The molecule has 0 amide bonds. The second-order valence-electron chi connectivity index (χ2n) is 11.5. The Hall–Kier alpha value is -6.65. The highest BCUT2D eigenvalue weighted by molar-refractivity contribution is 6.05. The van der Waals surface area contributed by atoms with E-state index in [1.54, 1.807) is 18.2 Å². The molecule has 0 radical (unpaired) electrons. The van der Waals surface area contributed by atoms with Gasteiger partial charge in [-0.25, -0.2) is 15.0 Å². The molecule has 0 saturated carbocycles. The zero-order valence-corrected chi connectivity index (χ0v) is 26.0. The van der Waals surface area contributed by atoms with E-state index in [0.717, 1.165) is 33.4 Å². The molecule has 0 spiro atoms. The summed E-state index contributed by atoms with van der Waals surface area (Å²) >= 11 is 0. The molecule has 4 nitrogen and oxygen atoms in total. The van der Waals surface area contributed by atoms with E-state index in [4.69, 9.17) is 27.6 Å².